The molecule has 5 nitrogen and oxygen atoms in total. The van der Waals surface area contributed by atoms with Gasteiger partial charge in [-0.25, -0.2) is 13.2 Å². The largest absolute Gasteiger partial charge is 0.465 e. The minimum absolute atomic E-state index is 0.103. The zero-order valence-corrected chi connectivity index (χ0v) is 14.6. The molecule has 0 aliphatic carbocycles. The number of aryl methyl sites for hydroxylation is 1. The quantitative estimate of drug-likeness (QED) is 0.825. The molecule has 1 N–H and O–H groups in total. The summed E-state index contributed by atoms with van der Waals surface area (Å²) in [4.78, 5) is 11.7. The first-order chi connectivity index (χ1) is 10.7. The maximum Gasteiger partial charge on any atom is 0.340 e. The average Bonchev–Trinajstić information content (AvgIpc) is 2.47. The lowest BCUT2D eigenvalue weighted by molar-refractivity contribution is 0.0602. The standard InChI is InChI=1S/C15H13Cl2NO4S/c1-9-4-3-5-13(15(19)22-2)14(9)18-23(20,21)12-7-10(16)6-11(17)8-12/h3-8,18H,1-2H3. The fourth-order valence-electron chi connectivity index (χ4n) is 1.96. The number of sulfonamides is 1. The van der Waals surface area contributed by atoms with Crippen LogP contribution in [0.2, 0.25) is 10.0 Å². The van der Waals surface area contributed by atoms with Crippen molar-refractivity contribution in [1.29, 1.82) is 0 Å². The number of anilines is 1. The van der Waals surface area contributed by atoms with Crippen LogP contribution in [0.4, 0.5) is 5.69 Å². The number of benzene rings is 2. The van der Waals surface area contributed by atoms with Crippen molar-refractivity contribution >= 4 is 44.9 Å². The Morgan fingerprint density at radius 1 is 1.13 bits per heavy atom. The summed E-state index contributed by atoms with van der Waals surface area (Å²) in [5.74, 6) is -0.643. The Bertz CT molecular complexity index is 846. The average molecular weight is 374 g/mol. The van der Waals surface area contributed by atoms with E-state index in [-0.39, 0.29) is 26.2 Å². The normalized spacial score (nSPS) is 11.1. The van der Waals surface area contributed by atoms with Crippen LogP contribution in [0.5, 0.6) is 0 Å². The van der Waals surface area contributed by atoms with Gasteiger partial charge in [-0.1, -0.05) is 35.3 Å². The first-order valence-corrected chi connectivity index (χ1v) is 8.65. The van der Waals surface area contributed by atoms with Crippen LogP contribution in [0.25, 0.3) is 0 Å². The number of hydrogen-bond acceptors (Lipinski definition) is 4. The lowest BCUT2D eigenvalue weighted by atomic mass is 10.1. The van der Waals surface area contributed by atoms with Crippen LogP contribution in [-0.2, 0) is 14.8 Å². The van der Waals surface area contributed by atoms with E-state index in [1.807, 2.05) is 0 Å². The van der Waals surface area contributed by atoms with E-state index in [0.717, 1.165) is 0 Å². The molecule has 0 radical (unpaired) electrons. The number of para-hydroxylation sites is 1. The molecule has 2 aromatic rings. The third-order valence-electron chi connectivity index (χ3n) is 3.06. The highest BCUT2D eigenvalue weighted by Gasteiger charge is 2.21. The number of carbonyl (C=O) groups excluding carboxylic acids is 1. The molecule has 0 aromatic heterocycles. The van der Waals surface area contributed by atoms with Crippen LogP contribution >= 0.6 is 23.2 Å². The minimum atomic E-state index is -3.97. The van der Waals surface area contributed by atoms with Crippen molar-refractivity contribution in [2.75, 3.05) is 11.8 Å². The molecule has 0 fully saturated rings. The SMILES string of the molecule is COC(=O)c1cccc(C)c1NS(=O)(=O)c1cc(Cl)cc(Cl)c1. The van der Waals surface area contributed by atoms with Gasteiger partial charge in [0.2, 0.25) is 0 Å². The van der Waals surface area contributed by atoms with Gasteiger partial charge in [0, 0.05) is 10.0 Å². The van der Waals surface area contributed by atoms with E-state index >= 15 is 0 Å². The second-order valence-electron chi connectivity index (χ2n) is 4.70. The van der Waals surface area contributed by atoms with Crippen molar-refractivity contribution in [3.05, 3.63) is 57.6 Å². The summed E-state index contributed by atoms with van der Waals surface area (Å²) in [6.45, 7) is 1.68. The van der Waals surface area contributed by atoms with E-state index < -0.39 is 16.0 Å². The Morgan fingerprint density at radius 3 is 2.30 bits per heavy atom. The van der Waals surface area contributed by atoms with E-state index in [1.165, 1.54) is 31.4 Å². The van der Waals surface area contributed by atoms with Crippen LogP contribution < -0.4 is 4.72 Å². The Balaban J connectivity index is 2.51. The second kappa shape index (κ2) is 6.78. The highest BCUT2D eigenvalue weighted by Crippen LogP contribution is 2.27. The van der Waals surface area contributed by atoms with Crippen LogP contribution in [0.3, 0.4) is 0 Å². The van der Waals surface area contributed by atoms with E-state index in [4.69, 9.17) is 23.2 Å². The molecule has 0 saturated heterocycles. The predicted molar refractivity (Wildman–Crippen MR) is 89.8 cm³/mol. The maximum atomic E-state index is 12.5. The van der Waals surface area contributed by atoms with Crippen molar-refractivity contribution in [2.45, 2.75) is 11.8 Å². The summed E-state index contributed by atoms with van der Waals surface area (Å²) in [5, 5.41) is 0.381. The number of methoxy groups -OCH3 is 1. The van der Waals surface area contributed by atoms with Gasteiger partial charge in [0.1, 0.15) is 0 Å². The number of esters is 1. The molecule has 0 unspecified atom stereocenters. The topological polar surface area (TPSA) is 72.5 Å². The van der Waals surface area contributed by atoms with Gasteiger partial charge in [-0.15, -0.1) is 0 Å². The molecule has 0 bridgehead atoms. The third-order valence-corrected chi connectivity index (χ3v) is 4.83. The number of hydrogen-bond donors (Lipinski definition) is 1. The molecule has 0 spiro atoms. The van der Waals surface area contributed by atoms with Crippen molar-refractivity contribution in [3.8, 4) is 0 Å². The molecule has 0 heterocycles. The summed E-state index contributed by atoms with van der Waals surface area (Å²) >= 11 is 11.7. The van der Waals surface area contributed by atoms with Gasteiger partial charge in [-0.3, -0.25) is 4.72 Å². The molecule has 8 heteroatoms. The van der Waals surface area contributed by atoms with Crippen LogP contribution in [0.15, 0.2) is 41.3 Å². The molecule has 122 valence electrons. The Hall–Kier alpha value is -1.76. The number of ether oxygens (including phenoxy) is 1. The van der Waals surface area contributed by atoms with Gasteiger partial charge in [0.25, 0.3) is 10.0 Å². The van der Waals surface area contributed by atoms with Crippen molar-refractivity contribution in [2.24, 2.45) is 0 Å². The molecule has 0 amide bonds. The van der Waals surface area contributed by atoms with E-state index in [0.29, 0.717) is 5.56 Å². The highest BCUT2D eigenvalue weighted by molar-refractivity contribution is 7.92. The minimum Gasteiger partial charge on any atom is -0.465 e. The molecule has 0 atom stereocenters. The van der Waals surface area contributed by atoms with Gasteiger partial charge >= 0.3 is 5.97 Å². The molecular weight excluding hydrogens is 361 g/mol. The predicted octanol–water partition coefficient (Wildman–Crippen LogP) is 3.89. The third kappa shape index (κ3) is 3.96. The van der Waals surface area contributed by atoms with E-state index in [2.05, 4.69) is 9.46 Å². The number of nitrogens with one attached hydrogen (secondary N) is 1. The van der Waals surface area contributed by atoms with Crippen molar-refractivity contribution < 1.29 is 17.9 Å². The summed E-state index contributed by atoms with van der Waals surface area (Å²) in [5.41, 5.74) is 0.837. The van der Waals surface area contributed by atoms with Gasteiger partial charge < -0.3 is 4.74 Å². The molecule has 0 aliphatic heterocycles. The number of halogens is 2. The second-order valence-corrected chi connectivity index (χ2v) is 7.25. The number of rotatable bonds is 4. The summed E-state index contributed by atoms with van der Waals surface area (Å²) in [6.07, 6.45) is 0. The van der Waals surface area contributed by atoms with Crippen LogP contribution in [-0.4, -0.2) is 21.5 Å². The van der Waals surface area contributed by atoms with E-state index in [1.54, 1.807) is 19.1 Å². The molecule has 0 saturated carbocycles. The van der Waals surface area contributed by atoms with E-state index in [9.17, 15) is 13.2 Å². The maximum absolute atomic E-state index is 12.5. The molecular formula is C15H13Cl2NO4S. The van der Waals surface area contributed by atoms with Crippen LogP contribution in [0.1, 0.15) is 15.9 Å². The molecule has 23 heavy (non-hydrogen) atoms. The Kier molecular flexibility index (Phi) is 5.19. The lowest BCUT2D eigenvalue weighted by Crippen LogP contribution is -2.17. The molecule has 2 rings (SSSR count). The smallest absolute Gasteiger partial charge is 0.340 e. The van der Waals surface area contributed by atoms with Crippen molar-refractivity contribution in [1.82, 2.24) is 0 Å². The summed E-state index contributed by atoms with van der Waals surface area (Å²) in [7, 11) is -2.75. The fourth-order valence-corrected chi connectivity index (χ4v) is 3.84. The summed E-state index contributed by atoms with van der Waals surface area (Å²) in [6, 6.07) is 8.75. The molecule has 2 aromatic carbocycles. The lowest BCUT2D eigenvalue weighted by Gasteiger charge is -2.14. The summed E-state index contributed by atoms with van der Waals surface area (Å²) < 4.78 is 32.2. The van der Waals surface area contributed by atoms with Gasteiger partial charge in [0.15, 0.2) is 0 Å². The zero-order valence-electron chi connectivity index (χ0n) is 12.3. The first kappa shape index (κ1) is 17.6. The highest BCUT2D eigenvalue weighted by atomic mass is 35.5. The van der Waals surface area contributed by atoms with Crippen LogP contribution in [0, 0.1) is 6.92 Å². The zero-order chi connectivity index (χ0) is 17.2. The molecule has 0 aliphatic rings. The van der Waals surface area contributed by atoms with Gasteiger partial charge in [-0.2, -0.15) is 0 Å². The van der Waals surface area contributed by atoms with Crippen molar-refractivity contribution in [3.63, 3.8) is 0 Å². The fraction of sp³-hybridized carbons (Fsp3) is 0.133. The Morgan fingerprint density at radius 2 is 1.74 bits per heavy atom. The van der Waals surface area contributed by atoms with Gasteiger partial charge in [0.05, 0.1) is 23.3 Å². The first-order valence-electron chi connectivity index (χ1n) is 6.41. The van der Waals surface area contributed by atoms with Gasteiger partial charge in [-0.05, 0) is 36.8 Å². The number of carbonyl (C=O) groups is 1. The monoisotopic (exact) mass is 373 g/mol. The Labute approximate surface area is 144 Å².